The van der Waals surface area contributed by atoms with Gasteiger partial charge in [0.2, 0.25) is 0 Å². The Morgan fingerprint density at radius 1 is 1.14 bits per heavy atom. The van der Waals surface area contributed by atoms with Crippen molar-refractivity contribution in [1.82, 2.24) is 19.8 Å². The number of benzene rings is 2. The second-order valence-corrected chi connectivity index (χ2v) is 7.23. The van der Waals surface area contributed by atoms with Gasteiger partial charge in [-0.05, 0) is 56.3 Å². The molecule has 150 valence electrons. The van der Waals surface area contributed by atoms with Crippen LogP contribution in [0, 0.1) is 0 Å². The molecule has 1 aliphatic rings. The van der Waals surface area contributed by atoms with Gasteiger partial charge in [0.15, 0.2) is 0 Å². The van der Waals surface area contributed by atoms with Gasteiger partial charge in [-0.3, -0.25) is 9.69 Å². The molecule has 3 aromatic rings. The Hall–Kier alpha value is -3.12. The summed E-state index contributed by atoms with van der Waals surface area (Å²) in [4.78, 5) is 19.3. The Kier molecular flexibility index (Phi) is 5.91. The lowest BCUT2D eigenvalue weighted by Crippen LogP contribution is -2.37. The third-order valence-electron chi connectivity index (χ3n) is 5.47. The van der Waals surface area contributed by atoms with Crippen molar-refractivity contribution in [1.29, 1.82) is 0 Å². The highest BCUT2D eigenvalue weighted by atomic mass is 16.5. The molecule has 29 heavy (non-hydrogen) atoms. The molecule has 1 unspecified atom stereocenters. The largest absolute Gasteiger partial charge is 0.496 e. The monoisotopic (exact) mass is 390 g/mol. The molecule has 1 aliphatic heterocycles. The van der Waals surface area contributed by atoms with Gasteiger partial charge in [-0.25, -0.2) is 4.98 Å². The molecule has 0 bridgehead atoms. The molecule has 6 heteroatoms. The number of carbonyl (C=O) groups is 1. The maximum atomic E-state index is 12.8. The Morgan fingerprint density at radius 3 is 2.59 bits per heavy atom. The first kappa shape index (κ1) is 19.2. The second-order valence-electron chi connectivity index (χ2n) is 7.23. The number of likely N-dealkylation sites (tertiary alicyclic amines) is 1. The Morgan fingerprint density at radius 2 is 1.90 bits per heavy atom. The summed E-state index contributed by atoms with van der Waals surface area (Å²) in [5.41, 5.74) is 2.74. The van der Waals surface area contributed by atoms with Crippen LogP contribution in [0.4, 0.5) is 0 Å². The number of aromatic nitrogens is 2. The van der Waals surface area contributed by atoms with Crippen molar-refractivity contribution in [3.8, 4) is 11.4 Å². The fourth-order valence-corrected chi connectivity index (χ4v) is 3.92. The van der Waals surface area contributed by atoms with Crippen molar-refractivity contribution in [2.24, 2.45) is 0 Å². The van der Waals surface area contributed by atoms with Gasteiger partial charge >= 0.3 is 0 Å². The summed E-state index contributed by atoms with van der Waals surface area (Å²) in [6, 6.07) is 15.7. The van der Waals surface area contributed by atoms with E-state index >= 15 is 0 Å². The highest BCUT2D eigenvalue weighted by Crippen LogP contribution is 2.31. The van der Waals surface area contributed by atoms with E-state index in [1.54, 1.807) is 19.6 Å². The molecule has 2 heterocycles. The SMILES string of the molecule is COc1ccccc1C(CNC(=O)c1ccc(-n2ccnc2)cc1)N1CCCC1. The Labute approximate surface area is 171 Å². The van der Waals surface area contributed by atoms with Gasteiger partial charge in [0.25, 0.3) is 5.91 Å². The molecule has 1 saturated heterocycles. The van der Waals surface area contributed by atoms with Crippen molar-refractivity contribution >= 4 is 5.91 Å². The number of rotatable bonds is 7. The molecule has 4 rings (SSSR count). The van der Waals surface area contributed by atoms with Crippen LogP contribution in [0.3, 0.4) is 0 Å². The lowest BCUT2D eigenvalue weighted by atomic mass is 10.0. The molecule has 2 aromatic carbocycles. The molecule has 1 fully saturated rings. The average molecular weight is 390 g/mol. The number of hydrogen-bond acceptors (Lipinski definition) is 4. The van der Waals surface area contributed by atoms with Crippen LogP contribution < -0.4 is 10.1 Å². The second kappa shape index (κ2) is 8.92. The zero-order valence-corrected chi connectivity index (χ0v) is 16.6. The number of para-hydroxylation sites is 1. The van der Waals surface area contributed by atoms with E-state index in [4.69, 9.17) is 4.74 Å². The van der Waals surface area contributed by atoms with E-state index in [0.717, 1.165) is 30.1 Å². The summed E-state index contributed by atoms with van der Waals surface area (Å²) in [5, 5.41) is 3.12. The highest BCUT2D eigenvalue weighted by Gasteiger charge is 2.26. The average Bonchev–Trinajstić information content (AvgIpc) is 3.49. The van der Waals surface area contributed by atoms with Crippen LogP contribution in [0.1, 0.15) is 34.8 Å². The number of methoxy groups -OCH3 is 1. The smallest absolute Gasteiger partial charge is 0.251 e. The summed E-state index contributed by atoms with van der Waals surface area (Å²) in [7, 11) is 1.69. The van der Waals surface area contributed by atoms with Gasteiger partial charge in [0.1, 0.15) is 5.75 Å². The predicted octanol–water partition coefficient (Wildman–Crippen LogP) is 3.45. The van der Waals surface area contributed by atoms with Crippen molar-refractivity contribution < 1.29 is 9.53 Å². The quantitative estimate of drug-likeness (QED) is 0.671. The van der Waals surface area contributed by atoms with E-state index in [2.05, 4.69) is 21.3 Å². The van der Waals surface area contributed by atoms with Gasteiger partial charge in [-0.15, -0.1) is 0 Å². The van der Waals surface area contributed by atoms with Crippen molar-refractivity contribution in [3.05, 3.63) is 78.4 Å². The number of nitrogens with one attached hydrogen (secondary N) is 1. The molecule has 0 spiro atoms. The van der Waals surface area contributed by atoms with Gasteiger partial charge in [0, 0.05) is 35.8 Å². The van der Waals surface area contributed by atoms with Crippen LogP contribution in [-0.2, 0) is 0 Å². The third-order valence-corrected chi connectivity index (χ3v) is 5.47. The minimum Gasteiger partial charge on any atom is -0.496 e. The van der Waals surface area contributed by atoms with E-state index in [0.29, 0.717) is 12.1 Å². The van der Waals surface area contributed by atoms with Gasteiger partial charge in [0.05, 0.1) is 19.5 Å². The molecule has 1 amide bonds. The first-order valence-electron chi connectivity index (χ1n) is 10.00. The standard InChI is InChI=1S/C23H26N4O2/c1-29-22-7-3-2-6-20(22)21(26-13-4-5-14-26)16-25-23(28)18-8-10-19(11-9-18)27-15-12-24-17-27/h2-3,6-12,15,17,21H,4-5,13-14,16H2,1H3,(H,25,28). The molecule has 1 N–H and O–H groups in total. The number of carbonyl (C=O) groups excluding carboxylic acids is 1. The first-order chi connectivity index (χ1) is 14.3. The van der Waals surface area contributed by atoms with E-state index in [1.165, 1.54) is 12.8 Å². The molecule has 0 saturated carbocycles. The topological polar surface area (TPSA) is 59.4 Å². The fraction of sp³-hybridized carbons (Fsp3) is 0.304. The third kappa shape index (κ3) is 4.32. The number of ether oxygens (including phenoxy) is 1. The number of amides is 1. The van der Waals surface area contributed by atoms with Crippen molar-refractivity contribution in [3.63, 3.8) is 0 Å². The van der Waals surface area contributed by atoms with Crippen LogP contribution >= 0.6 is 0 Å². The molecule has 6 nitrogen and oxygen atoms in total. The Balaban J connectivity index is 1.47. The number of hydrogen-bond donors (Lipinski definition) is 1. The normalized spacial score (nSPS) is 15.2. The summed E-state index contributed by atoms with van der Waals surface area (Å²) in [5.74, 6) is 0.796. The first-order valence-corrected chi connectivity index (χ1v) is 10.00. The van der Waals surface area contributed by atoms with Gasteiger partial charge < -0.3 is 14.6 Å². The zero-order valence-electron chi connectivity index (χ0n) is 16.6. The van der Waals surface area contributed by atoms with Crippen LogP contribution in [0.15, 0.2) is 67.3 Å². The molecule has 1 atom stereocenters. The highest BCUT2D eigenvalue weighted by molar-refractivity contribution is 5.94. The molecule has 1 aromatic heterocycles. The minimum absolute atomic E-state index is 0.0683. The van der Waals surface area contributed by atoms with E-state index < -0.39 is 0 Å². The summed E-state index contributed by atoms with van der Waals surface area (Å²) in [6.07, 6.45) is 7.73. The lowest BCUT2D eigenvalue weighted by Gasteiger charge is -2.29. The van der Waals surface area contributed by atoms with Gasteiger partial charge in [-0.1, -0.05) is 18.2 Å². The molecular formula is C23H26N4O2. The maximum absolute atomic E-state index is 12.8. The van der Waals surface area contributed by atoms with E-state index in [9.17, 15) is 4.79 Å². The molecular weight excluding hydrogens is 364 g/mol. The predicted molar refractivity (Wildman–Crippen MR) is 112 cm³/mol. The van der Waals surface area contributed by atoms with Crippen molar-refractivity contribution in [2.75, 3.05) is 26.7 Å². The van der Waals surface area contributed by atoms with E-state index in [1.807, 2.05) is 53.2 Å². The lowest BCUT2D eigenvalue weighted by molar-refractivity contribution is 0.0937. The number of nitrogens with zero attached hydrogens (tertiary/aromatic N) is 3. The summed E-state index contributed by atoms with van der Waals surface area (Å²) in [6.45, 7) is 2.62. The Bertz CT molecular complexity index is 932. The van der Waals surface area contributed by atoms with Crippen LogP contribution in [-0.4, -0.2) is 47.1 Å². The van der Waals surface area contributed by atoms with Crippen LogP contribution in [0.25, 0.3) is 5.69 Å². The minimum atomic E-state index is -0.0683. The van der Waals surface area contributed by atoms with Crippen LogP contribution in [0.5, 0.6) is 5.75 Å². The molecule has 0 aliphatic carbocycles. The van der Waals surface area contributed by atoms with Crippen LogP contribution in [0.2, 0.25) is 0 Å². The maximum Gasteiger partial charge on any atom is 0.251 e. The summed E-state index contributed by atoms with van der Waals surface area (Å²) < 4.78 is 7.49. The van der Waals surface area contributed by atoms with E-state index in [-0.39, 0.29) is 11.9 Å². The molecule has 0 radical (unpaired) electrons. The fourth-order valence-electron chi connectivity index (χ4n) is 3.92. The van der Waals surface area contributed by atoms with Gasteiger partial charge in [-0.2, -0.15) is 0 Å². The summed E-state index contributed by atoms with van der Waals surface area (Å²) >= 11 is 0. The van der Waals surface area contributed by atoms with Crippen molar-refractivity contribution in [2.45, 2.75) is 18.9 Å². The number of imidazole rings is 1. The zero-order chi connectivity index (χ0) is 20.1.